The van der Waals surface area contributed by atoms with Crippen LogP contribution < -0.4 is 0 Å². The third-order valence-corrected chi connectivity index (χ3v) is 5.15. The van der Waals surface area contributed by atoms with Gasteiger partial charge in [0, 0.05) is 6.42 Å². The monoisotopic (exact) mass is 376 g/mol. The van der Waals surface area contributed by atoms with Crippen LogP contribution in [0.5, 0.6) is 0 Å². The van der Waals surface area contributed by atoms with Crippen LogP contribution in [0.25, 0.3) is 0 Å². The predicted molar refractivity (Wildman–Crippen MR) is 109 cm³/mol. The highest BCUT2D eigenvalue weighted by atomic mass is 16.4. The van der Waals surface area contributed by atoms with Gasteiger partial charge in [-0.2, -0.15) is 0 Å². The van der Waals surface area contributed by atoms with Crippen molar-refractivity contribution in [2.45, 2.75) is 84.5 Å². The zero-order valence-corrected chi connectivity index (χ0v) is 17.0. The summed E-state index contributed by atoms with van der Waals surface area (Å²) in [6.07, 6.45) is 9.40. The van der Waals surface area contributed by atoms with Crippen LogP contribution in [-0.4, -0.2) is 22.2 Å². The highest BCUT2D eigenvalue weighted by Crippen LogP contribution is 2.21. The molecule has 0 spiro atoms. The molecule has 1 atom stereocenters. The van der Waals surface area contributed by atoms with Crippen LogP contribution in [0.4, 0.5) is 0 Å². The fourth-order valence-corrected chi connectivity index (χ4v) is 3.45. The van der Waals surface area contributed by atoms with Gasteiger partial charge in [-0.05, 0) is 62.0 Å². The smallest absolute Gasteiger partial charge is 0.306 e. The van der Waals surface area contributed by atoms with Crippen LogP contribution in [0.2, 0.25) is 0 Å². The first-order valence-electron chi connectivity index (χ1n) is 10.4. The maximum Gasteiger partial charge on any atom is 0.306 e. The number of aliphatic carboxylic acids is 2. The van der Waals surface area contributed by atoms with E-state index in [0.29, 0.717) is 5.92 Å². The summed E-state index contributed by atoms with van der Waals surface area (Å²) >= 11 is 0. The van der Waals surface area contributed by atoms with E-state index in [9.17, 15) is 14.7 Å². The van der Waals surface area contributed by atoms with Gasteiger partial charge in [0.15, 0.2) is 0 Å². The lowest BCUT2D eigenvalue weighted by atomic mass is 9.91. The van der Waals surface area contributed by atoms with E-state index in [1.165, 1.54) is 11.1 Å². The number of carbonyl (C=O) groups is 2. The Balaban J connectivity index is 2.37. The number of carboxylic acid groups (broad SMARTS) is 2. The maximum absolute atomic E-state index is 11.4. The van der Waals surface area contributed by atoms with Crippen molar-refractivity contribution in [3.05, 3.63) is 35.4 Å². The van der Waals surface area contributed by atoms with Crippen molar-refractivity contribution >= 4 is 11.9 Å². The molecule has 0 aliphatic rings. The van der Waals surface area contributed by atoms with E-state index in [1.54, 1.807) is 0 Å². The Morgan fingerprint density at radius 1 is 0.815 bits per heavy atom. The highest BCUT2D eigenvalue weighted by molar-refractivity contribution is 5.69. The third-order valence-electron chi connectivity index (χ3n) is 5.15. The van der Waals surface area contributed by atoms with Crippen molar-refractivity contribution in [1.29, 1.82) is 0 Å². The van der Waals surface area contributed by atoms with Gasteiger partial charge in [0.25, 0.3) is 0 Å². The average Bonchev–Trinajstić information content (AvgIpc) is 2.61. The second-order valence-electron chi connectivity index (χ2n) is 7.98. The minimum absolute atomic E-state index is 0.211. The lowest BCUT2D eigenvalue weighted by Crippen LogP contribution is -2.14. The molecule has 4 nitrogen and oxygen atoms in total. The van der Waals surface area contributed by atoms with Crippen LogP contribution in [0.15, 0.2) is 24.3 Å². The number of unbranched alkanes of at least 4 members (excludes halogenated alkanes) is 3. The van der Waals surface area contributed by atoms with Crippen LogP contribution >= 0.6 is 0 Å². The van der Waals surface area contributed by atoms with Crippen molar-refractivity contribution in [3.8, 4) is 0 Å². The number of hydrogen-bond acceptors (Lipinski definition) is 2. The molecule has 0 saturated heterocycles. The minimum atomic E-state index is -0.719. The van der Waals surface area contributed by atoms with Crippen LogP contribution in [-0.2, 0) is 22.4 Å². The third kappa shape index (κ3) is 10.8. The number of hydrogen-bond donors (Lipinski definition) is 2. The second kappa shape index (κ2) is 13.3. The molecule has 1 aromatic rings. The fraction of sp³-hybridized carbons (Fsp3) is 0.652. The van der Waals surface area contributed by atoms with Gasteiger partial charge in [0.1, 0.15) is 0 Å². The van der Waals surface area contributed by atoms with E-state index in [-0.39, 0.29) is 12.3 Å². The lowest BCUT2D eigenvalue weighted by molar-refractivity contribution is -0.142. The van der Waals surface area contributed by atoms with E-state index < -0.39 is 11.9 Å². The summed E-state index contributed by atoms with van der Waals surface area (Å²) in [5.74, 6) is -1.04. The maximum atomic E-state index is 11.4. The van der Waals surface area contributed by atoms with Crippen LogP contribution in [0, 0.1) is 11.8 Å². The standard InChI is InChI=1S/C23H36O4/c1-18(2)16-17-21(23(26)27)14-9-8-13-20-12-7-6-11-19(20)10-4-3-5-15-22(24)25/h6-7,11-12,18,21H,3-5,8-10,13-17H2,1-2H3,(H,24,25)(H,26,27). The summed E-state index contributed by atoms with van der Waals surface area (Å²) < 4.78 is 0. The van der Waals surface area contributed by atoms with Gasteiger partial charge >= 0.3 is 11.9 Å². The van der Waals surface area contributed by atoms with Crippen molar-refractivity contribution < 1.29 is 19.8 Å². The van der Waals surface area contributed by atoms with Crippen molar-refractivity contribution in [1.82, 2.24) is 0 Å². The average molecular weight is 377 g/mol. The van der Waals surface area contributed by atoms with Crippen LogP contribution in [0.3, 0.4) is 0 Å². The molecule has 0 amide bonds. The fourth-order valence-electron chi connectivity index (χ4n) is 3.45. The van der Waals surface area contributed by atoms with Crippen molar-refractivity contribution in [2.75, 3.05) is 0 Å². The lowest BCUT2D eigenvalue weighted by Gasteiger charge is -2.14. The molecule has 0 aromatic heterocycles. The molecular weight excluding hydrogens is 340 g/mol. The molecule has 0 aliphatic heterocycles. The normalized spacial score (nSPS) is 12.3. The SMILES string of the molecule is CC(C)CCC(CCCCc1ccccc1CCCCCC(=O)O)C(=O)O. The first kappa shape index (κ1) is 23.2. The number of rotatable bonds is 15. The Morgan fingerprint density at radius 3 is 1.93 bits per heavy atom. The van der Waals surface area contributed by atoms with E-state index in [2.05, 4.69) is 38.1 Å². The van der Waals surface area contributed by atoms with Crippen molar-refractivity contribution in [3.63, 3.8) is 0 Å². The molecule has 1 rings (SSSR count). The van der Waals surface area contributed by atoms with Gasteiger partial charge in [0.05, 0.1) is 5.92 Å². The van der Waals surface area contributed by atoms with Crippen molar-refractivity contribution in [2.24, 2.45) is 11.8 Å². The van der Waals surface area contributed by atoms with E-state index in [0.717, 1.165) is 64.2 Å². The molecule has 0 heterocycles. The predicted octanol–water partition coefficient (Wildman–Crippen LogP) is 5.72. The zero-order valence-electron chi connectivity index (χ0n) is 17.0. The molecule has 0 saturated carbocycles. The quantitative estimate of drug-likeness (QED) is 0.384. The number of aryl methyl sites for hydroxylation is 2. The number of benzene rings is 1. The molecule has 0 fully saturated rings. The summed E-state index contributed by atoms with van der Waals surface area (Å²) in [4.78, 5) is 22.0. The van der Waals surface area contributed by atoms with Gasteiger partial charge in [-0.15, -0.1) is 0 Å². The zero-order chi connectivity index (χ0) is 20.1. The van der Waals surface area contributed by atoms with E-state index in [4.69, 9.17) is 5.11 Å². The number of carboxylic acids is 2. The van der Waals surface area contributed by atoms with Gasteiger partial charge in [0.2, 0.25) is 0 Å². The van der Waals surface area contributed by atoms with Gasteiger partial charge in [-0.3, -0.25) is 9.59 Å². The molecule has 152 valence electrons. The van der Waals surface area contributed by atoms with Gasteiger partial charge < -0.3 is 10.2 Å². The largest absolute Gasteiger partial charge is 0.481 e. The molecule has 1 aromatic carbocycles. The molecule has 0 bridgehead atoms. The molecule has 0 aliphatic carbocycles. The van der Waals surface area contributed by atoms with E-state index >= 15 is 0 Å². The second-order valence-corrected chi connectivity index (χ2v) is 7.98. The molecule has 27 heavy (non-hydrogen) atoms. The first-order chi connectivity index (χ1) is 12.9. The summed E-state index contributed by atoms with van der Waals surface area (Å²) in [5.41, 5.74) is 2.70. The molecule has 2 N–H and O–H groups in total. The van der Waals surface area contributed by atoms with Gasteiger partial charge in [-0.1, -0.05) is 57.4 Å². The summed E-state index contributed by atoms with van der Waals surface area (Å²) in [5, 5.41) is 18.1. The Hall–Kier alpha value is -1.84. The van der Waals surface area contributed by atoms with Crippen LogP contribution in [0.1, 0.15) is 82.8 Å². The summed E-state index contributed by atoms with van der Waals surface area (Å²) in [6, 6.07) is 8.45. The Kier molecular flexibility index (Phi) is 11.5. The topological polar surface area (TPSA) is 74.6 Å². The summed E-state index contributed by atoms with van der Waals surface area (Å²) in [7, 11) is 0. The Morgan fingerprint density at radius 2 is 1.41 bits per heavy atom. The Bertz CT molecular complexity index is 565. The molecule has 4 heteroatoms. The van der Waals surface area contributed by atoms with E-state index in [1.807, 2.05) is 0 Å². The summed E-state index contributed by atoms with van der Waals surface area (Å²) in [6.45, 7) is 4.27. The van der Waals surface area contributed by atoms with Gasteiger partial charge in [-0.25, -0.2) is 0 Å². The first-order valence-corrected chi connectivity index (χ1v) is 10.4. The molecule has 0 radical (unpaired) electrons. The minimum Gasteiger partial charge on any atom is -0.481 e. The molecule has 1 unspecified atom stereocenters. The Labute approximate surface area is 164 Å². The molecular formula is C23H36O4. The highest BCUT2D eigenvalue weighted by Gasteiger charge is 2.17.